The quantitative estimate of drug-likeness (QED) is 0.145. The van der Waals surface area contributed by atoms with Gasteiger partial charge in [0.1, 0.15) is 0 Å². The fraction of sp³-hybridized carbons (Fsp3) is 0.286. The maximum absolute atomic E-state index is 3.00. The van der Waals surface area contributed by atoms with Crippen molar-refractivity contribution in [1.29, 1.82) is 0 Å². The standard InChI is InChI=1S/C14H14.C12H12.C8H10.C8H9.C6H5.4C2H6.Y/c1-11-8-9-14(10-12(11)2)13-6-4-3-5-7-13;1-9-7-11-5-3-4-6-12(11)8-10(9)2;2*1-7-5-3-4-6-8(7)2;1-2-4-6-5-3-1;4*1-2;/h3-10H,1-2H3;3-8H,1-2H3;3-6H,1-2H3;3,5-6H,1-2H3;1-5H;4*1-2H3;/q;;;2*-1;;;;;. The Labute approximate surface area is 377 Å². The van der Waals surface area contributed by atoms with Crippen LogP contribution in [0.15, 0.2) is 158 Å². The van der Waals surface area contributed by atoms with E-state index in [0.29, 0.717) is 0 Å². The summed E-state index contributed by atoms with van der Waals surface area (Å²) in [4.78, 5) is 0. The van der Waals surface area contributed by atoms with Gasteiger partial charge in [-0.2, -0.15) is 71.8 Å². The molecular weight excluding hydrogens is 762 g/mol. The van der Waals surface area contributed by atoms with E-state index in [1.54, 1.807) is 0 Å². The smallest absolute Gasteiger partial charge is 0 e. The van der Waals surface area contributed by atoms with Gasteiger partial charge < -0.3 is 0 Å². The van der Waals surface area contributed by atoms with Crippen molar-refractivity contribution in [2.45, 2.75) is 111 Å². The van der Waals surface area contributed by atoms with Gasteiger partial charge in [0.05, 0.1) is 0 Å². The van der Waals surface area contributed by atoms with Crippen molar-refractivity contribution >= 4 is 10.8 Å². The van der Waals surface area contributed by atoms with Crippen LogP contribution in [0.4, 0.5) is 0 Å². The molecule has 1 radical (unpaired) electrons. The predicted molar refractivity (Wildman–Crippen MR) is 256 cm³/mol. The monoisotopic (exact) mass is 835 g/mol. The summed E-state index contributed by atoms with van der Waals surface area (Å²) in [7, 11) is 0. The molecule has 0 nitrogen and oxygen atoms in total. The van der Waals surface area contributed by atoms with E-state index in [-0.39, 0.29) is 32.7 Å². The second-order valence-corrected chi connectivity index (χ2v) is 12.1. The molecule has 0 fully saturated rings. The zero-order valence-corrected chi connectivity index (χ0v) is 41.4. The van der Waals surface area contributed by atoms with Crippen LogP contribution in [0.3, 0.4) is 0 Å². The maximum Gasteiger partial charge on any atom is 0 e. The summed E-state index contributed by atoms with van der Waals surface area (Å²) in [6, 6.07) is 59.9. The first-order chi connectivity index (χ1) is 27.2. The van der Waals surface area contributed by atoms with Gasteiger partial charge in [0.15, 0.2) is 0 Å². The number of hydrogen-bond acceptors (Lipinski definition) is 0. The Morgan fingerprint density at radius 1 is 0.281 bits per heavy atom. The molecule has 0 atom stereocenters. The SMILES string of the molecule is CC.CC.CC.CC.Cc1c[c-]ccc1C.Cc1cc2ccccc2cc1C.Cc1ccc(-c2ccccc2)cc1C.Cc1ccccc1C.[Y].[c-]1ccccc1. The van der Waals surface area contributed by atoms with Gasteiger partial charge in [-0.1, -0.05) is 178 Å². The minimum atomic E-state index is 0. The van der Waals surface area contributed by atoms with Crippen LogP contribution >= 0.6 is 0 Å². The Bertz CT molecular complexity index is 1790. The first-order valence-corrected chi connectivity index (χ1v) is 20.6. The first-order valence-electron chi connectivity index (χ1n) is 20.6. The molecule has 57 heavy (non-hydrogen) atoms. The molecule has 0 saturated carbocycles. The van der Waals surface area contributed by atoms with Crippen LogP contribution in [0.2, 0.25) is 0 Å². The molecule has 0 aliphatic carbocycles. The van der Waals surface area contributed by atoms with E-state index in [4.69, 9.17) is 0 Å². The average molecular weight is 836 g/mol. The van der Waals surface area contributed by atoms with E-state index in [2.05, 4.69) is 177 Å². The van der Waals surface area contributed by atoms with E-state index >= 15 is 0 Å². The summed E-state index contributed by atoms with van der Waals surface area (Å²) in [5.41, 5.74) is 13.4. The number of aryl methyl sites for hydroxylation is 8. The Balaban J connectivity index is -0.000000624. The van der Waals surface area contributed by atoms with Gasteiger partial charge in [-0.15, -0.1) is 0 Å². The van der Waals surface area contributed by atoms with Crippen molar-refractivity contribution in [3.63, 3.8) is 0 Å². The van der Waals surface area contributed by atoms with Crippen molar-refractivity contribution in [3.05, 3.63) is 214 Å². The van der Waals surface area contributed by atoms with Gasteiger partial charge >= 0.3 is 0 Å². The molecule has 0 aromatic heterocycles. The number of benzene rings is 7. The summed E-state index contributed by atoms with van der Waals surface area (Å²) in [5, 5.41) is 2.67. The summed E-state index contributed by atoms with van der Waals surface area (Å²) in [6.45, 7) is 33.0. The van der Waals surface area contributed by atoms with Crippen LogP contribution < -0.4 is 0 Å². The number of fused-ring (bicyclic) bond motifs is 1. The fourth-order valence-corrected chi connectivity index (χ4v) is 4.62. The summed E-state index contributed by atoms with van der Waals surface area (Å²) in [6.07, 6.45) is 0. The third kappa shape index (κ3) is 25.0. The summed E-state index contributed by atoms with van der Waals surface area (Å²) >= 11 is 0. The van der Waals surface area contributed by atoms with Crippen LogP contribution in [0, 0.1) is 67.5 Å². The zero-order valence-electron chi connectivity index (χ0n) is 38.6. The molecular formula is C56H74Y-2. The molecule has 1 heteroatoms. The third-order valence-corrected chi connectivity index (χ3v) is 8.36. The molecule has 7 aromatic carbocycles. The second kappa shape index (κ2) is 37.5. The van der Waals surface area contributed by atoms with Crippen LogP contribution in [-0.2, 0) is 32.7 Å². The van der Waals surface area contributed by atoms with Gasteiger partial charge in [0.2, 0.25) is 0 Å². The van der Waals surface area contributed by atoms with Gasteiger partial charge in [-0.3, -0.25) is 0 Å². The number of rotatable bonds is 1. The normalized spacial score (nSPS) is 8.56. The van der Waals surface area contributed by atoms with E-state index in [0.717, 1.165) is 0 Å². The second-order valence-electron chi connectivity index (χ2n) is 12.1. The Morgan fingerprint density at radius 3 is 1.02 bits per heavy atom. The molecule has 0 amide bonds. The number of hydrogen-bond donors (Lipinski definition) is 0. The summed E-state index contributed by atoms with van der Waals surface area (Å²) in [5.74, 6) is 0. The molecule has 0 aliphatic heterocycles. The van der Waals surface area contributed by atoms with E-state index in [9.17, 15) is 0 Å². The molecule has 303 valence electrons. The summed E-state index contributed by atoms with van der Waals surface area (Å²) < 4.78 is 0. The molecule has 0 saturated heterocycles. The largest absolute Gasteiger partial charge is 0.184 e. The molecule has 0 aliphatic rings. The fourth-order valence-electron chi connectivity index (χ4n) is 4.62. The minimum absolute atomic E-state index is 0. The molecule has 0 spiro atoms. The van der Waals surface area contributed by atoms with Gasteiger partial charge in [-0.25, -0.2) is 0 Å². The maximum atomic E-state index is 3.00. The van der Waals surface area contributed by atoms with Gasteiger partial charge in [0.25, 0.3) is 0 Å². The van der Waals surface area contributed by atoms with E-state index < -0.39 is 0 Å². The van der Waals surface area contributed by atoms with E-state index in [1.807, 2.05) is 104 Å². The molecule has 0 unspecified atom stereocenters. The Morgan fingerprint density at radius 2 is 0.667 bits per heavy atom. The molecule has 0 heterocycles. The van der Waals surface area contributed by atoms with Crippen molar-refractivity contribution < 1.29 is 32.7 Å². The van der Waals surface area contributed by atoms with Gasteiger partial charge in [0, 0.05) is 32.7 Å². The van der Waals surface area contributed by atoms with Crippen LogP contribution in [0.25, 0.3) is 21.9 Å². The predicted octanol–water partition coefficient (Wildman–Crippen LogP) is 17.4. The van der Waals surface area contributed by atoms with Gasteiger partial charge in [-0.05, 0) is 96.8 Å². The molecule has 0 N–H and O–H groups in total. The van der Waals surface area contributed by atoms with Crippen LogP contribution in [-0.4, -0.2) is 0 Å². The Hall–Kier alpha value is -4.10. The first kappa shape index (κ1) is 57.2. The molecule has 7 aromatic rings. The topological polar surface area (TPSA) is 0 Å². The van der Waals surface area contributed by atoms with Crippen LogP contribution in [0.5, 0.6) is 0 Å². The third-order valence-electron chi connectivity index (χ3n) is 8.36. The van der Waals surface area contributed by atoms with Crippen molar-refractivity contribution in [2.24, 2.45) is 0 Å². The molecule has 0 bridgehead atoms. The zero-order chi connectivity index (χ0) is 42.7. The Kier molecular flexibility index (Phi) is 37.6. The minimum Gasteiger partial charge on any atom is -0.184 e. The van der Waals surface area contributed by atoms with Crippen molar-refractivity contribution in [3.8, 4) is 11.1 Å². The van der Waals surface area contributed by atoms with Crippen LogP contribution in [0.1, 0.15) is 99.9 Å². The van der Waals surface area contributed by atoms with Crippen molar-refractivity contribution in [2.75, 3.05) is 0 Å². The van der Waals surface area contributed by atoms with E-state index in [1.165, 1.54) is 66.4 Å². The average Bonchev–Trinajstić information content (AvgIpc) is 3.26. The molecule has 7 rings (SSSR count). The van der Waals surface area contributed by atoms with Crippen molar-refractivity contribution in [1.82, 2.24) is 0 Å².